The van der Waals surface area contributed by atoms with Gasteiger partial charge in [-0.3, -0.25) is 4.79 Å². The smallest absolute Gasteiger partial charge is 0.230 e. The summed E-state index contributed by atoms with van der Waals surface area (Å²) in [6.07, 6.45) is 3.96. The molecule has 9 heteroatoms. The summed E-state index contributed by atoms with van der Waals surface area (Å²) in [5.41, 5.74) is 0.130. The number of amides is 1. The Labute approximate surface area is 156 Å². The van der Waals surface area contributed by atoms with Crippen molar-refractivity contribution < 1.29 is 18.0 Å². The van der Waals surface area contributed by atoms with Gasteiger partial charge in [-0.2, -0.15) is 0 Å². The molecule has 0 saturated carbocycles. The molecule has 0 radical (unpaired) electrons. The molecule has 3 rings (SSSR count). The first-order valence-electron chi connectivity index (χ1n) is 7.79. The van der Waals surface area contributed by atoms with Crippen molar-refractivity contribution in [3.63, 3.8) is 0 Å². The van der Waals surface area contributed by atoms with E-state index in [1.165, 1.54) is 29.2 Å². The average Bonchev–Trinajstić information content (AvgIpc) is 3.24. The molecule has 0 spiro atoms. The third kappa shape index (κ3) is 4.89. The standard InChI is InChI=1S/C17H15F2N3O2S2/c1-2-12-7-20-15(24-12)9-25-16-8-21-17(26-16)22-14(23)5-10-3-4-11(18)6-13(10)19/h3-4,6-8H,2,5,9H2,1H3,(H,21,22,23). The molecule has 2 aromatic heterocycles. The number of nitrogens with one attached hydrogen (secondary N) is 1. The minimum atomic E-state index is -0.743. The number of carbonyl (C=O) groups excluding carboxylic acids is 1. The van der Waals surface area contributed by atoms with Crippen molar-refractivity contribution in [2.75, 3.05) is 5.32 Å². The maximum atomic E-state index is 13.6. The molecule has 1 N–H and O–H groups in total. The Morgan fingerprint density at radius 2 is 2.15 bits per heavy atom. The summed E-state index contributed by atoms with van der Waals surface area (Å²) in [4.78, 5) is 20.3. The third-order valence-corrected chi connectivity index (χ3v) is 5.48. The second kappa shape index (κ2) is 8.41. The summed E-state index contributed by atoms with van der Waals surface area (Å²) < 4.78 is 32.9. The number of aryl methyl sites for hydroxylation is 1. The van der Waals surface area contributed by atoms with E-state index in [1.54, 1.807) is 12.4 Å². The van der Waals surface area contributed by atoms with Crippen LogP contribution in [0, 0.1) is 11.6 Å². The Balaban J connectivity index is 1.53. The Morgan fingerprint density at radius 1 is 1.31 bits per heavy atom. The first-order valence-corrected chi connectivity index (χ1v) is 9.59. The van der Waals surface area contributed by atoms with E-state index in [0.29, 0.717) is 16.8 Å². The van der Waals surface area contributed by atoms with Gasteiger partial charge in [0.1, 0.15) is 17.4 Å². The number of aromatic nitrogens is 2. The number of anilines is 1. The maximum absolute atomic E-state index is 13.6. The normalized spacial score (nSPS) is 10.9. The first kappa shape index (κ1) is 18.5. The van der Waals surface area contributed by atoms with Crippen LogP contribution in [-0.2, 0) is 23.4 Å². The number of thiazole rings is 1. The number of halogens is 2. The van der Waals surface area contributed by atoms with Gasteiger partial charge in [0.15, 0.2) is 5.13 Å². The zero-order chi connectivity index (χ0) is 18.5. The Bertz CT molecular complexity index is 911. The number of carbonyl (C=O) groups is 1. The quantitative estimate of drug-likeness (QED) is 0.599. The van der Waals surface area contributed by atoms with Crippen molar-refractivity contribution in [3.05, 3.63) is 59.4 Å². The molecule has 0 aliphatic carbocycles. The molecule has 0 aliphatic heterocycles. The summed E-state index contributed by atoms with van der Waals surface area (Å²) in [7, 11) is 0. The number of hydrogen-bond acceptors (Lipinski definition) is 6. The lowest BCUT2D eigenvalue weighted by molar-refractivity contribution is -0.115. The van der Waals surface area contributed by atoms with E-state index in [1.807, 2.05) is 6.92 Å². The van der Waals surface area contributed by atoms with E-state index in [-0.39, 0.29) is 12.0 Å². The van der Waals surface area contributed by atoms with Crippen molar-refractivity contribution in [1.82, 2.24) is 9.97 Å². The molecule has 0 saturated heterocycles. The fourth-order valence-electron chi connectivity index (χ4n) is 2.10. The van der Waals surface area contributed by atoms with Crippen LogP contribution in [-0.4, -0.2) is 15.9 Å². The minimum Gasteiger partial charge on any atom is -0.445 e. The van der Waals surface area contributed by atoms with Crippen LogP contribution in [0.3, 0.4) is 0 Å². The number of nitrogens with zero attached hydrogens (tertiary/aromatic N) is 2. The molecule has 26 heavy (non-hydrogen) atoms. The van der Waals surface area contributed by atoms with Crippen LogP contribution in [0.2, 0.25) is 0 Å². The lowest BCUT2D eigenvalue weighted by Crippen LogP contribution is -2.15. The van der Waals surface area contributed by atoms with E-state index < -0.39 is 17.5 Å². The molecule has 136 valence electrons. The van der Waals surface area contributed by atoms with Crippen LogP contribution >= 0.6 is 23.1 Å². The van der Waals surface area contributed by atoms with Gasteiger partial charge in [0.2, 0.25) is 11.8 Å². The number of hydrogen-bond donors (Lipinski definition) is 1. The van der Waals surface area contributed by atoms with Crippen molar-refractivity contribution >= 4 is 34.1 Å². The van der Waals surface area contributed by atoms with E-state index in [2.05, 4.69) is 15.3 Å². The van der Waals surface area contributed by atoms with Crippen LogP contribution in [0.1, 0.15) is 24.1 Å². The number of benzene rings is 1. The molecule has 2 heterocycles. The highest BCUT2D eigenvalue weighted by molar-refractivity contribution is 8.00. The molecule has 1 aromatic carbocycles. The van der Waals surface area contributed by atoms with E-state index in [0.717, 1.165) is 28.5 Å². The van der Waals surface area contributed by atoms with Crippen LogP contribution in [0.4, 0.5) is 13.9 Å². The van der Waals surface area contributed by atoms with Crippen molar-refractivity contribution in [1.29, 1.82) is 0 Å². The first-order chi connectivity index (χ1) is 12.5. The SMILES string of the molecule is CCc1cnc(CSc2cnc(NC(=O)Cc3ccc(F)cc3F)s2)o1. The lowest BCUT2D eigenvalue weighted by Gasteiger charge is -2.03. The number of thioether (sulfide) groups is 1. The average molecular weight is 395 g/mol. The van der Waals surface area contributed by atoms with Crippen molar-refractivity contribution in [3.8, 4) is 0 Å². The van der Waals surface area contributed by atoms with Gasteiger partial charge in [-0.1, -0.05) is 24.3 Å². The molecule has 0 bridgehead atoms. The predicted octanol–water partition coefficient (Wildman–Crippen LogP) is 4.45. The molecule has 0 aliphatic rings. The van der Waals surface area contributed by atoms with Crippen molar-refractivity contribution in [2.24, 2.45) is 0 Å². The Kier molecular flexibility index (Phi) is 6.00. The fraction of sp³-hybridized carbons (Fsp3) is 0.235. The predicted molar refractivity (Wildman–Crippen MR) is 96.2 cm³/mol. The number of rotatable bonds is 7. The summed E-state index contributed by atoms with van der Waals surface area (Å²) in [6, 6.07) is 3.14. The highest BCUT2D eigenvalue weighted by Crippen LogP contribution is 2.30. The molecular weight excluding hydrogens is 380 g/mol. The number of oxazole rings is 1. The molecule has 0 fully saturated rings. The van der Waals surface area contributed by atoms with Gasteiger partial charge >= 0.3 is 0 Å². The van der Waals surface area contributed by atoms with Crippen LogP contribution in [0.5, 0.6) is 0 Å². The van der Waals surface area contributed by atoms with Crippen LogP contribution in [0.15, 0.2) is 39.2 Å². The molecule has 1 amide bonds. The van der Waals surface area contributed by atoms with E-state index in [9.17, 15) is 13.6 Å². The zero-order valence-electron chi connectivity index (χ0n) is 13.8. The molecule has 0 unspecified atom stereocenters. The van der Waals surface area contributed by atoms with Gasteiger partial charge in [0, 0.05) is 12.5 Å². The molecule has 0 atom stereocenters. The summed E-state index contributed by atoms with van der Waals surface area (Å²) in [6.45, 7) is 1.99. The topological polar surface area (TPSA) is 68.0 Å². The monoisotopic (exact) mass is 395 g/mol. The molecule has 5 nitrogen and oxygen atoms in total. The highest BCUT2D eigenvalue weighted by atomic mass is 32.2. The Morgan fingerprint density at radius 3 is 2.88 bits per heavy atom. The highest BCUT2D eigenvalue weighted by Gasteiger charge is 2.12. The van der Waals surface area contributed by atoms with Crippen LogP contribution in [0.25, 0.3) is 0 Å². The summed E-state index contributed by atoms with van der Waals surface area (Å²) in [5, 5.41) is 3.04. The Hall–Kier alpha value is -2.26. The second-order valence-electron chi connectivity index (χ2n) is 5.31. The molecular formula is C17H15F2N3O2S2. The van der Waals surface area contributed by atoms with Gasteiger partial charge < -0.3 is 9.73 Å². The van der Waals surface area contributed by atoms with Gasteiger partial charge in [-0.25, -0.2) is 18.7 Å². The summed E-state index contributed by atoms with van der Waals surface area (Å²) >= 11 is 2.81. The van der Waals surface area contributed by atoms with E-state index >= 15 is 0 Å². The largest absolute Gasteiger partial charge is 0.445 e. The van der Waals surface area contributed by atoms with Gasteiger partial charge in [0.05, 0.1) is 28.8 Å². The van der Waals surface area contributed by atoms with Gasteiger partial charge in [0.25, 0.3) is 0 Å². The third-order valence-electron chi connectivity index (χ3n) is 3.38. The second-order valence-corrected chi connectivity index (χ2v) is 7.61. The van der Waals surface area contributed by atoms with Crippen molar-refractivity contribution in [2.45, 2.75) is 29.7 Å². The fourth-order valence-corrected chi connectivity index (χ4v) is 3.84. The van der Waals surface area contributed by atoms with E-state index in [4.69, 9.17) is 4.42 Å². The van der Waals surface area contributed by atoms with Crippen LogP contribution < -0.4 is 5.32 Å². The maximum Gasteiger partial charge on any atom is 0.230 e. The van der Waals surface area contributed by atoms with Gasteiger partial charge in [-0.05, 0) is 11.6 Å². The lowest BCUT2D eigenvalue weighted by atomic mass is 10.1. The van der Waals surface area contributed by atoms with Gasteiger partial charge in [-0.15, -0.1) is 11.8 Å². The zero-order valence-corrected chi connectivity index (χ0v) is 15.4. The summed E-state index contributed by atoms with van der Waals surface area (Å²) in [5.74, 6) is 0.208. The molecule has 3 aromatic rings. The minimum absolute atomic E-state index is 0.130.